The number of halogens is 1. The molecule has 0 radical (unpaired) electrons. The highest BCUT2D eigenvalue weighted by molar-refractivity contribution is 7.80. The van der Waals surface area contributed by atoms with E-state index in [4.69, 9.17) is 21.7 Å². The number of thiocarbonyl (C=S) groups is 1. The van der Waals surface area contributed by atoms with Crippen LogP contribution in [0.4, 0.5) is 20.6 Å². The van der Waals surface area contributed by atoms with Crippen molar-refractivity contribution in [1.29, 1.82) is 0 Å². The Kier molecular flexibility index (Phi) is 5.26. The lowest BCUT2D eigenvalue weighted by Crippen LogP contribution is -2.17. The number of hydrogen-bond donors (Lipinski definition) is 2. The zero-order valence-corrected chi connectivity index (χ0v) is 12.4. The normalized spacial score (nSPS) is 9.73. The number of hydrogen-bond acceptors (Lipinski definition) is 4. The Labute approximate surface area is 132 Å². The zero-order valence-electron chi connectivity index (χ0n) is 11.6. The number of nitrogens with one attached hydrogen (secondary N) is 2. The van der Waals surface area contributed by atoms with Crippen LogP contribution in [0.2, 0.25) is 0 Å². The summed E-state index contributed by atoms with van der Waals surface area (Å²) < 4.78 is 22.6. The summed E-state index contributed by atoms with van der Waals surface area (Å²) in [5, 5.41) is 5.61. The van der Waals surface area contributed by atoms with Crippen LogP contribution in [-0.4, -0.2) is 18.4 Å². The first-order valence-electron chi connectivity index (χ1n) is 6.26. The van der Waals surface area contributed by atoms with Gasteiger partial charge in [-0.2, -0.15) is 0 Å². The predicted octanol–water partition coefficient (Wildman–Crippen LogP) is 3.78. The van der Waals surface area contributed by atoms with Gasteiger partial charge in [-0.25, -0.2) is 9.18 Å². The van der Waals surface area contributed by atoms with Crippen LogP contribution in [0, 0.1) is 5.82 Å². The van der Waals surface area contributed by atoms with Crippen LogP contribution in [0.15, 0.2) is 48.5 Å². The zero-order chi connectivity index (χ0) is 15.9. The first-order chi connectivity index (χ1) is 10.6. The molecule has 2 N–H and O–H groups in total. The number of carbonyl (C=O) groups is 1. The maximum Gasteiger partial charge on any atom is 0.417 e. The third-order valence-corrected chi connectivity index (χ3v) is 2.83. The minimum Gasteiger partial charge on any atom is -0.474 e. The van der Waals surface area contributed by atoms with Crippen LogP contribution in [0.3, 0.4) is 0 Å². The van der Waals surface area contributed by atoms with Crippen molar-refractivity contribution in [1.82, 2.24) is 0 Å². The van der Waals surface area contributed by atoms with Crippen LogP contribution in [0.25, 0.3) is 0 Å². The van der Waals surface area contributed by atoms with Gasteiger partial charge in [-0.05, 0) is 54.7 Å². The van der Waals surface area contributed by atoms with Gasteiger partial charge in [0.1, 0.15) is 11.6 Å². The van der Waals surface area contributed by atoms with Gasteiger partial charge in [0.15, 0.2) is 0 Å². The second-order valence-electron chi connectivity index (χ2n) is 4.17. The monoisotopic (exact) mass is 320 g/mol. The van der Waals surface area contributed by atoms with Crippen LogP contribution >= 0.6 is 12.2 Å². The first kappa shape index (κ1) is 15.7. The lowest BCUT2D eigenvalue weighted by Gasteiger charge is -2.09. The molecular weight excluding hydrogens is 307 g/mol. The molecule has 2 aromatic rings. The molecule has 0 saturated carbocycles. The molecule has 0 saturated heterocycles. The van der Waals surface area contributed by atoms with Crippen molar-refractivity contribution in [2.45, 2.75) is 0 Å². The summed E-state index contributed by atoms with van der Waals surface area (Å²) in [6, 6.07) is 12.0. The molecule has 0 bridgehead atoms. The topological polar surface area (TPSA) is 59.6 Å². The van der Waals surface area contributed by atoms with Crippen molar-refractivity contribution in [3.8, 4) is 5.75 Å². The molecule has 0 fully saturated rings. The lowest BCUT2D eigenvalue weighted by atomic mass is 10.3. The Morgan fingerprint density at radius 1 is 1.09 bits per heavy atom. The van der Waals surface area contributed by atoms with E-state index in [-0.39, 0.29) is 10.9 Å². The summed E-state index contributed by atoms with van der Waals surface area (Å²) in [5.74, 6) is -0.158. The van der Waals surface area contributed by atoms with Gasteiger partial charge in [0, 0.05) is 11.4 Å². The minimum absolute atomic E-state index is 0.214. The smallest absolute Gasteiger partial charge is 0.417 e. The quantitative estimate of drug-likeness (QED) is 0.843. The van der Waals surface area contributed by atoms with Gasteiger partial charge >= 0.3 is 6.09 Å². The Hall–Kier alpha value is -2.67. The molecule has 1 amide bonds. The number of ether oxygens (including phenoxy) is 2. The average Bonchev–Trinajstić information content (AvgIpc) is 2.49. The van der Waals surface area contributed by atoms with Gasteiger partial charge in [0.2, 0.25) is 0 Å². The molecule has 2 rings (SSSR count). The summed E-state index contributed by atoms with van der Waals surface area (Å²) in [4.78, 5) is 11.8. The van der Waals surface area contributed by atoms with Gasteiger partial charge in [-0.1, -0.05) is 6.07 Å². The molecule has 0 aliphatic rings. The Morgan fingerprint density at radius 3 is 2.36 bits per heavy atom. The van der Waals surface area contributed by atoms with E-state index < -0.39 is 11.9 Å². The number of carbonyl (C=O) groups excluding carboxylic acids is 1. The molecule has 0 heterocycles. The van der Waals surface area contributed by atoms with E-state index >= 15 is 0 Å². The minimum atomic E-state index is -0.682. The van der Waals surface area contributed by atoms with Gasteiger partial charge in [-0.15, -0.1) is 0 Å². The standard InChI is InChI=1S/C15H13FN2O3S/c1-20-15(22)18-12-4-2-3-11(9-12)17-14(19)21-13-7-5-10(16)6-8-13/h2-9H,1H3,(H,17,19)(H,18,22). The molecular formula is C15H13FN2O3S. The van der Waals surface area contributed by atoms with Gasteiger partial charge in [0.05, 0.1) is 7.11 Å². The average molecular weight is 320 g/mol. The highest BCUT2D eigenvalue weighted by Gasteiger charge is 2.06. The Balaban J connectivity index is 1.97. The third-order valence-electron chi connectivity index (χ3n) is 2.56. The lowest BCUT2D eigenvalue weighted by molar-refractivity contribution is 0.215. The molecule has 2 aromatic carbocycles. The van der Waals surface area contributed by atoms with Gasteiger partial charge in [-0.3, -0.25) is 5.32 Å². The van der Waals surface area contributed by atoms with E-state index in [1.807, 2.05) is 0 Å². The fourth-order valence-electron chi connectivity index (χ4n) is 1.60. The van der Waals surface area contributed by atoms with Crippen molar-refractivity contribution in [2.75, 3.05) is 17.7 Å². The van der Waals surface area contributed by atoms with Crippen molar-refractivity contribution in [3.63, 3.8) is 0 Å². The van der Waals surface area contributed by atoms with Crippen LogP contribution in [-0.2, 0) is 4.74 Å². The molecule has 0 aliphatic heterocycles. The highest BCUT2D eigenvalue weighted by atomic mass is 32.1. The van der Waals surface area contributed by atoms with Crippen molar-refractivity contribution >= 4 is 34.9 Å². The number of methoxy groups -OCH3 is 1. The number of anilines is 2. The van der Waals surface area contributed by atoms with Crippen molar-refractivity contribution in [3.05, 3.63) is 54.3 Å². The van der Waals surface area contributed by atoms with Crippen molar-refractivity contribution < 1.29 is 18.7 Å². The second-order valence-corrected chi connectivity index (χ2v) is 4.54. The molecule has 0 aliphatic carbocycles. The molecule has 5 nitrogen and oxygen atoms in total. The summed E-state index contributed by atoms with van der Waals surface area (Å²) >= 11 is 4.89. The Morgan fingerprint density at radius 2 is 1.73 bits per heavy atom. The third kappa shape index (κ3) is 4.71. The molecule has 0 spiro atoms. The fraction of sp³-hybridized carbons (Fsp3) is 0.0667. The highest BCUT2D eigenvalue weighted by Crippen LogP contribution is 2.17. The largest absolute Gasteiger partial charge is 0.474 e. The van der Waals surface area contributed by atoms with E-state index in [1.54, 1.807) is 24.3 Å². The maximum atomic E-state index is 12.8. The summed E-state index contributed by atoms with van der Waals surface area (Å²) in [6.07, 6.45) is -0.682. The van der Waals surface area contributed by atoms with Gasteiger partial charge < -0.3 is 14.8 Å². The molecule has 114 valence electrons. The fourth-order valence-corrected chi connectivity index (χ4v) is 1.71. The maximum absolute atomic E-state index is 12.8. The Bertz CT molecular complexity index is 677. The summed E-state index contributed by atoms with van der Waals surface area (Å²) in [7, 11) is 1.46. The van der Waals surface area contributed by atoms with E-state index in [1.165, 1.54) is 31.4 Å². The second kappa shape index (κ2) is 7.37. The summed E-state index contributed by atoms with van der Waals surface area (Å²) in [6.45, 7) is 0. The molecule has 7 heteroatoms. The molecule has 0 unspecified atom stereocenters. The number of rotatable bonds is 3. The van der Waals surface area contributed by atoms with Crippen molar-refractivity contribution in [2.24, 2.45) is 0 Å². The SMILES string of the molecule is COC(=S)Nc1cccc(NC(=O)Oc2ccc(F)cc2)c1. The van der Waals surface area contributed by atoms with Crippen LogP contribution in [0.1, 0.15) is 0 Å². The van der Waals surface area contributed by atoms with Gasteiger partial charge in [0.25, 0.3) is 5.17 Å². The molecule has 0 aromatic heterocycles. The summed E-state index contributed by atoms with van der Waals surface area (Å²) in [5.41, 5.74) is 1.17. The molecule has 22 heavy (non-hydrogen) atoms. The first-order valence-corrected chi connectivity index (χ1v) is 6.67. The number of amides is 1. The number of benzene rings is 2. The van der Waals surface area contributed by atoms with E-state index in [0.29, 0.717) is 11.4 Å². The van der Waals surface area contributed by atoms with E-state index in [2.05, 4.69) is 10.6 Å². The van der Waals surface area contributed by atoms with E-state index in [9.17, 15) is 9.18 Å². The van der Waals surface area contributed by atoms with Crippen LogP contribution in [0.5, 0.6) is 5.75 Å². The van der Waals surface area contributed by atoms with E-state index in [0.717, 1.165) is 0 Å². The van der Waals surface area contributed by atoms with Crippen LogP contribution < -0.4 is 15.4 Å². The predicted molar refractivity (Wildman–Crippen MR) is 85.7 cm³/mol. The molecule has 0 atom stereocenters.